The van der Waals surface area contributed by atoms with Crippen LogP contribution in [0.1, 0.15) is 26.7 Å². The first-order valence-corrected chi connectivity index (χ1v) is 5.26. The van der Waals surface area contributed by atoms with Gasteiger partial charge in [-0.15, -0.1) is 0 Å². The molecular weight excluding hydrogens is 196 g/mol. The predicted octanol–water partition coefficient (Wildman–Crippen LogP) is -0.0362. The molecule has 1 aliphatic rings. The Balaban J connectivity index is 2.31. The third-order valence-corrected chi connectivity index (χ3v) is 2.35. The highest BCUT2D eigenvalue weighted by atomic mass is 16.4. The average molecular weight is 214 g/mol. The fourth-order valence-electron chi connectivity index (χ4n) is 1.33. The van der Waals surface area contributed by atoms with Crippen LogP contribution in [0.5, 0.6) is 0 Å². The maximum atomic E-state index is 11.4. The molecule has 0 aromatic heterocycles. The second-order valence-electron chi connectivity index (χ2n) is 4.26. The SMILES string of the molecule is CC(C)NCC(=O)NC(C(=O)O)C1CC1. The first-order valence-electron chi connectivity index (χ1n) is 5.26. The van der Waals surface area contributed by atoms with E-state index in [2.05, 4.69) is 10.6 Å². The van der Waals surface area contributed by atoms with Crippen LogP contribution in [0, 0.1) is 5.92 Å². The van der Waals surface area contributed by atoms with Gasteiger partial charge in [-0.3, -0.25) is 4.79 Å². The van der Waals surface area contributed by atoms with Crippen molar-refractivity contribution in [2.45, 2.75) is 38.8 Å². The van der Waals surface area contributed by atoms with E-state index in [9.17, 15) is 9.59 Å². The molecule has 5 heteroatoms. The summed E-state index contributed by atoms with van der Waals surface area (Å²) in [7, 11) is 0. The summed E-state index contributed by atoms with van der Waals surface area (Å²) in [6.45, 7) is 4.04. The number of carboxylic acid groups (broad SMARTS) is 1. The highest BCUT2D eigenvalue weighted by molar-refractivity contribution is 5.85. The number of amides is 1. The highest BCUT2D eigenvalue weighted by Gasteiger charge is 2.37. The van der Waals surface area contributed by atoms with Crippen LogP contribution in [0.4, 0.5) is 0 Å². The molecule has 1 fully saturated rings. The summed E-state index contributed by atoms with van der Waals surface area (Å²) in [6.07, 6.45) is 1.80. The largest absolute Gasteiger partial charge is 0.480 e. The summed E-state index contributed by atoms with van der Waals surface area (Å²) < 4.78 is 0. The van der Waals surface area contributed by atoms with E-state index in [1.807, 2.05) is 13.8 Å². The first kappa shape index (κ1) is 12.0. The van der Waals surface area contributed by atoms with Gasteiger partial charge < -0.3 is 15.7 Å². The maximum Gasteiger partial charge on any atom is 0.326 e. The van der Waals surface area contributed by atoms with Crippen LogP contribution in [0.15, 0.2) is 0 Å². The number of carboxylic acids is 1. The molecule has 0 aromatic rings. The average Bonchev–Trinajstić information content (AvgIpc) is 2.93. The zero-order valence-electron chi connectivity index (χ0n) is 9.12. The first-order chi connectivity index (χ1) is 7.00. The fraction of sp³-hybridized carbons (Fsp3) is 0.800. The topological polar surface area (TPSA) is 78.4 Å². The van der Waals surface area contributed by atoms with Gasteiger partial charge in [-0.05, 0) is 18.8 Å². The van der Waals surface area contributed by atoms with Crippen molar-refractivity contribution in [2.75, 3.05) is 6.54 Å². The van der Waals surface area contributed by atoms with Crippen LogP contribution in [0.25, 0.3) is 0 Å². The van der Waals surface area contributed by atoms with Gasteiger partial charge in [0.1, 0.15) is 6.04 Å². The zero-order valence-corrected chi connectivity index (χ0v) is 9.12. The molecule has 0 radical (unpaired) electrons. The van der Waals surface area contributed by atoms with Gasteiger partial charge in [-0.25, -0.2) is 4.79 Å². The predicted molar refractivity (Wildman–Crippen MR) is 55.4 cm³/mol. The molecule has 1 saturated carbocycles. The summed E-state index contributed by atoms with van der Waals surface area (Å²) in [6, 6.07) is -0.480. The molecule has 3 N–H and O–H groups in total. The Hall–Kier alpha value is -1.10. The van der Waals surface area contributed by atoms with E-state index in [0.29, 0.717) is 0 Å². The smallest absolute Gasteiger partial charge is 0.326 e. The van der Waals surface area contributed by atoms with Crippen molar-refractivity contribution < 1.29 is 14.7 Å². The zero-order chi connectivity index (χ0) is 11.4. The van der Waals surface area contributed by atoms with Crippen molar-refractivity contribution in [1.29, 1.82) is 0 Å². The van der Waals surface area contributed by atoms with Gasteiger partial charge in [0.2, 0.25) is 5.91 Å². The van der Waals surface area contributed by atoms with Gasteiger partial charge in [0.15, 0.2) is 0 Å². The molecule has 1 rings (SSSR count). The molecule has 1 unspecified atom stereocenters. The third kappa shape index (κ3) is 4.29. The number of aliphatic carboxylic acids is 1. The van der Waals surface area contributed by atoms with Gasteiger partial charge in [0.25, 0.3) is 0 Å². The van der Waals surface area contributed by atoms with Crippen molar-refractivity contribution in [1.82, 2.24) is 10.6 Å². The number of nitrogens with one attached hydrogen (secondary N) is 2. The minimum atomic E-state index is -0.935. The van der Waals surface area contributed by atoms with Gasteiger partial charge in [0.05, 0.1) is 6.54 Å². The summed E-state index contributed by atoms with van der Waals surface area (Å²) in [4.78, 5) is 22.2. The lowest BCUT2D eigenvalue weighted by Crippen LogP contribution is -2.46. The van der Waals surface area contributed by atoms with Crippen LogP contribution >= 0.6 is 0 Å². The summed E-state index contributed by atoms with van der Waals surface area (Å²) in [5, 5.41) is 14.4. The van der Waals surface area contributed by atoms with Gasteiger partial charge in [0, 0.05) is 6.04 Å². The Morgan fingerprint density at radius 2 is 2.00 bits per heavy atom. The minimum absolute atomic E-state index is 0.130. The molecule has 1 atom stereocenters. The van der Waals surface area contributed by atoms with Crippen LogP contribution in [0.3, 0.4) is 0 Å². The molecule has 1 aliphatic carbocycles. The quantitative estimate of drug-likeness (QED) is 0.580. The molecule has 0 spiro atoms. The number of rotatable bonds is 6. The van der Waals surface area contributed by atoms with Crippen LogP contribution < -0.4 is 10.6 Å². The van der Waals surface area contributed by atoms with Gasteiger partial charge in [-0.2, -0.15) is 0 Å². The van der Waals surface area contributed by atoms with Crippen molar-refractivity contribution in [3.05, 3.63) is 0 Å². The van der Waals surface area contributed by atoms with Crippen molar-refractivity contribution in [2.24, 2.45) is 5.92 Å². The monoisotopic (exact) mass is 214 g/mol. The van der Waals surface area contributed by atoms with E-state index in [4.69, 9.17) is 5.11 Å². The van der Waals surface area contributed by atoms with Crippen LogP contribution in [-0.2, 0) is 9.59 Å². The summed E-state index contributed by atoms with van der Waals surface area (Å²) >= 11 is 0. The lowest BCUT2D eigenvalue weighted by atomic mass is 10.2. The van der Waals surface area contributed by atoms with E-state index in [1.165, 1.54) is 0 Å². The molecule has 0 aliphatic heterocycles. The number of hydrogen-bond donors (Lipinski definition) is 3. The van der Waals surface area contributed by atoms with E-state index < -0.39 is 12.0 Å². The second kappa shape index (κ2) is 5.11. The molecule has 1 amide bonds. The van der Waals surface area contributed by atoms with E-state index in [1.54, 1.807) is 0 Å². The highest BCUT2D eigenvalue weighted by Crippen LogP contribution is 2.32. The van der Waals surface area contributed by atoms with Crippen molar-refractivity contribution >= 4 is 11.9 Å². The second-order valence-corrected chi connectivity index (χ2v) is 4.26. The fourth-order valence-corrected chi connectivity index (χ4v) is 1.33. The molecule has 0 aromatic carbocycles. The van der Waals surface area contributed by atoms with Crippen molar-refractivity contribution in [3.8, 4) is 0 Å². The Morgan fingerprint density at radius 3 is 2.40 bits per heavy atom. The Labute approximate surface area is 89.2 Å². The van der Waals surface area contributed by atoms with Crippen molar-refractivity contribution in [3.63, 3.8) is 0 Å². The number of hydrogen-bond acceptors (Lipinski definition) is 3. The lowest BCUT2D eigenvalue weighted by Gasteiger charge is -2.14. The van der Waals surface area contributed by atoms with E-state index >= 15 is 0 Å². The summed E-state index contributed by atoms with van der Waals surface area (Å²) in [5.74, 6) is -1.05. The number of carbonyl (C=O) groups is 2. The van der Waals surface area contributed by atoms with E-state index in [0.717, 1.165) is 12.8 Å². The van der Waals surface area contributed by atoms with E-state index in [-0.39, 0.29) is 24.4 Å². The van der Waals surface area contributed by atoms with Gasteiger partial charge >= 0.3 is 5.97 Å². The van der Waals surface area contributed by atoms with Crippen LogP contribution in [-0.4, -0.2) is 35.6 Å². The third-order valence-electron chi connectivity index (χ3n) is 2.35. The Bertz CT molecular complexity index is 249. The molecule has 86 valence electrons. The molecule has 0 bridgehead atoms. The molecule has 15 heavy (non-hydrogen) atoms. The summed E-state index contributed by atoms with van der Waals surface area (Å²) in [5.41, 5.74) is 0. The van der Waals surface area contributed by atoms with Gasteiger partial charge in [-0.1, -0.05) is 13.8 Å². The minimum Gasteiger partial charge on any atom is -0.480 e. The normalized spacial score (nSPS) is 17.5. The maximum absolute atomic E-state index is 11.4. The molecule has 0 saturated heterocycles. The lowest BCUT2D eigenvalue weighted by molar-refractivity contribution is -0.142. The molecular formula is C10H18N2O3. The number of carbonyl (C=O) groups excluding carboxylic acids is 1. The molecule has 5 nitrogen and oxygen atoms in total. The molecule has 0 heterocycles. The Kier molecular flexibility index (Phi) is 4.08. The Morgan fingerprint density at radius 1 is 1.40 bits per heavy atom. The standard InChI is InChI=1S/C10H18N2O3/c1-6(2)11-5-8(13)12-9(10(14)15)7-3-4-7/h6-7,9,11H,3-5H2,1-2H3,(H,12,13)(H,14,15). The van der Waals surface area contributed by atoms with Crippen LogP contribution in [0.2, 0.25) is 0 Å².